The molecule has 0 radical (unpaired) electrons. The maximum absolute atomic E-state index is 13.0. The Morgan fingerprint density at radius 3 is 3.00 bits per heavy atom. The van der Waals surface area contributed by atoms with Crippen LogP contribution >= 0.6 is 0 Å². The number of benzene rings is 1. The van der Waals surface area contributed by atoms with E-state index >= 15 is 0 Å². The summed E-state index contributed by atoms with van der Waals surface area (Å²) < 4.78 is 13.0. The van der Waals surface area contributed by atoms with Crippen LogP contribution in [-0.4, -0.2) is 41.5 Å². The van der Waals surface area contributed by atoms with E-state index in [0.29, 0.717) is 5.56 Å². The van der Waals surface area contributed by atoms with Crippen LogP contribution < -0.4 is 0 Å². The molecule has 1 saturated heterocycles. The lowest BCUT2D eigenvalue weighted by atomic mass is 10.0. The molecule has 4 heteroatoms. The third-order valence-electron chi connectivity index (χ3n) is 3.45. The Bertz CT molecular complexity index is 422. The highest BCUT2D eigenvalue weighted by Gasteiger charge is 2.23. The second-order valence-corrected chi connectivity index (χ2v) is 4.74. The molecule has 0 amide bonds. The monoisotopic (exact) mass is 251 g/mol. The summed E-state index contributed by atoms with van der Waals surface area (Å²) >= 11 is 0. The van der Waals surface area contributed by atoms with E-state index in [1.807, 2.05) is 4.90 Å². The number of Topliss-reactive ketones (excluding diaryl/α,β-unsaturated/α-hetero) is 1. The normalized spacial score (nSPS) is 20.9. The number of halogens is 1. The van der Waals surface area contributed by atoms with Crippen LogP contribution in [0.4, 0.5) is 4.39 Å². The number of aliphatic hydroxyl groups is 1. The molecule has 18 heavy (non-hydrogen) atoms. The molecule has 1 atom stereocenters. The number of carbonyl (C=O) groups excluding carboxylic acids is 1. The van der Waals surface area contributed by atoms with E-state index in [-0.39, 0.29) is 25.0 Å². The molecular weight excluding hydrogens is 233 g/mol. The smallest absolute Gasteiger partial charge is 0.176 e. The molecule has 98 valence electrons. The molecule has 0 aromatic heterocycles. The average molecular weight is 251 g/mol. The second kappa shape index (κ2) is 6.07. The first kappa shape index (κ1) is 13.2. The largest absolute Gasteiger partial charge is 0.395 e. The molecule has 0 spiro atoms. The van der Waals surface area contributed by atoms with Crippen molar-refractivity contribution in [2.24, 2.45) is 0 Å². The molecule has 1 aromatic rings. The van der Waals surface area contributed by atoms with Gasteiger partial charge in [0.2, 0.25) is 0 Å². The first-order chi connectivity index (χ1) is 8.70. The molecule has 2 rings (SSSR count). The molecule has 1 unspecified atom stereocenters. The van der Waals surface area contributed by atoms with Crippen molar-refractivity contribution in [1.82, 2.24) is 4.90 Å². The zero-order chi connectivity index (χ0) is 13.0. The Morgan fingerprint density at radius 2 is 2.28 bits per heavy atom. The van der Waals surface area contributed by atoms with Gasteiger partial charge in [0.05, 0.1) is 13.2 Å². The number of likely N-dealkylation sites (tertiary alicyclic amines) is 1. The molecule has 1 fully saturated rings. The van der Waals surface area contributed by atoms with Gasteiger partial charge >= 0.3 is 0 Å². The van der Waals surface area contributed by atoms with Gasteiger partial charge in [-0.05, 0) is 31.5 Å². The van der Waals surface area contributed by atoms with Crippen molar-refractivity contribution >= 4 is 5.78 Å². The standard InChI is InChI=1S/C14H18FNO2/c15-12-5-3-4-11(8-12)14(18)9-16-7-2-1-6-13(16)10-17/h3-5,8,13,17H,1-2,6-7,9-10H2. The summed E-state index contributed by atoms with van der Waals surface area (Å²) in [6.07, 6.45) is 3.07. The summed E-state index contributed by atoms with van der Waals surface area (Å²) in [4.78, 5) is 14.0. The summed E-state index contributed by atoms with van der Waals surface area (Å²) in [5.41, 5.74) is 0.400. The van der Waals surface area contributed by atoms with Crippen LogP contribution in [0.5, 0.6) is 0 Å². The van der Waals surface area contributed by atoms with Crippen LogP contribution in [-0.2, 0) is 0 Å². The zero-order valence-electron chi connectivity index (χ0n) is 10.3. The van der Waals surface area contributed by atoms with Gasteiger partial charge in [-0.3, -0.25) is 9.69 Å². The number of nitrogens with zero attached hydrogens (tertiary/aromatic N) is 1. The van der Waals surface area contributed by atoms with Gasteiger partial charge in [-0.1, -0.05) is 18.6 Å². The topological polar surface area (TPSA) is 40.5 Å². The van der Waals surface area contributed by atoms with E-state index in [0.717, 1.165) is 25.8 Å². The van der Waals surface area contributed by atoms with Gasteiger partial charge in [-0.15, -0.1) is 0 Å². The summed E-state index contributed by atoms with van der Waals surface area (Å²) in [5, 5.41) is 9.28. The molecule has 1 aliphatic rings. The van der Waals surface area contributed by atoms with Gasteiger partial charge in [0, 0.05) is 11.6 Å². The molecule has 1 heterocycles. The van der Waals surface area contributed by atoms with Gasteiger partial charge in [0.1, 0.15) is 5.82 Å². The van der Waals surface area contributed by atoms with Gasteiger partial charge in [-0.2, -0.15) is 0 Å². The first-order valence-electron chi connectivity index (χ1n) is 6.34. The van der Waals surface area contributed by atoms with E-state index in [9.17, 15) is 14.3 Å². The van der Waals surface area contributed by atoms with Crippen molar-refractivity contribution < 1.29 is 14.3 Å². The molecule has 3 nitrogen and oxygen atoms in total. The minimum atomic E-state index is -0.391. The average Bonchev–Trinajstić information content (AvgIpc) is 2.39. The fraction of sp³-hybridized carbons (Fsp3) is 0.500. The molecule has 0 bridgehead atoms. The number of hydrogen-bond donors (Lipinski definition) is 1. The van der Waals surface area contributed by atoms with Crippen molar-refractivity contribution in [1.29, 1.82) is 0 Å². The first-order valence-corrected chi connectivity index (χ1v) is 6.34. The third-order valence-corrected chi connectivity index (χ3v) is 3.45. The SMILES string of the molecule is O=C(CN1CCCCC1CO)c1cccc(F)c1. The predicted molar refractivity (Wildman–Crippen MR) is 67.0 cm³/mol. The van der Waals surface area contributed by atoms with Crippen molar-refractivity contribution in [2.75, 3.05) is 19.7 Å². The second-order valence-electron chi connectivity index (χ2n) is 4.74. The molecule has 1 aliphatic heterocycles. The Morgan fingerprint density at radius 1 is 1.44 bits per heavy atom. The fourth-order valence-corrected chi connectivity index (χ4v) is 2.41. The van der Waals surface area contributed by atoms with Crippen molar-refractivity contribution in [3.63, 3.8) is 0 Å². The zero-order valence-corrected chi connectivity index (χ0v) is 10.3. The Hall–Kier alpha value is -1.26. The highest BCUT2D eigenvalue weighted by molar-refractivity contribution is 5.97. The summed E-state index contributed by atoms with van der Waals surface area (Å²) in [7, 11) is 0. The van der Waals surface area contributed by atoms with Gasteiger partial charge < -0.3 is 5.11 Å². The quantitative estimate of drug-likeness (QED) is 0.830. The van der Waals surface area contributed by atoms with E-state index in [1.165, 1.54) is 12.1 Å². The van der Waals surface area contributed by atoms with Gasteiger partial charge in [-0.25, -0.2) is 4.39 Å². The maximum Gasteiger partial charge on any atom is 0.176 e. The minimum Gasteiger partial charge on any atom is -0.395 e. The number of aliphatic hydroxyl groups excluding tert-OH is 1. The summed E-state index contributed by atoms with van der Waals surface area (Å²) in [6.45, 7) is 1.16. The van der Waals surface area contributed by atoms with Gasteiger partial charge in [0.15, 0.2) is 5.78 Å². The Balaban J connectivity index is 2.02. The summed E-state index contributed by atoms with van der Waals surface area (Å²) in [5.74, 6) is -0.479. The lowest BCUT2D eigenvalue weighted by Crippen LogP contribution is -2.44. The van der Waals surface area contributed by atoms with Crippen LogP contribution in [0.2, 0.25) is 0 Å². The lowest BCUT2D eigenvalue weighted by Gasteiger charge is -2.33. The van der Waals surface area contributed by atoms with Gasteiger partial charge in [0.25, 0.3) is 0 Å². The predicted octanol–water partition coefficient (Wildman–Crippen LogP) is 1.86. The van der Waals surface area contributed by atoms with Crippen LogP contribution in [0.25, 0.3) is 0 Å². The van der Waals surface area contributed by atoms with Crippen molar-refractivity contribution in [2.45, 2.75) is 25.3 Å². The number of ketones is 1. The van der Waals surface area contributed by atoms with Crippen LogP contribution in [0.3, 0.4) is 0 Å². The minimum absolute atomic E-state index is 0.0660. The molecular formula is C14H18FNO2. The van der Waals surface area contributed by atoms with Crippen molar-refractivity contribution in [3.05, 3.63) is 35.6 Å². The summed E-state index contributed by atoms with van der Waals surface area (Å²) in [6, 6.07) is 5.83. The van der Waals surface area contributed by atoms with Crippen LogP contribution in [0, 0.1) is 5.82 Å². The highest BCUT2D eigenvalue weighted by atomic mass is 19.1. The van der Waals surface area contributed by atoms with E-state index in [4.69, 9.17) is 0 Å². The van der Waals surface area contributed by atoms with Crippen LogP contribution in [0.15, 0.2) is 24.3 Å². The molecule has 0 aliphatic carbocycles. The number of rotatable bonds is 4. The van der Waals surface area contributed by atoms with Crippen molar-refractivity contribution in [3.8, 4) is 0 Å². The Labute approximate surface area is 106 Å². The molecule has 1 N–H and O–H groups in total. The maximum atomic E-state index is 13.0. The Kier molecular flexibility index (Phi) is 4.44. The number of carbonyl (C=O) groups is 1. The van der Waals surface area contributed by atoms with E-state index in [2.05, 4.69) is 0 Å². The highest BCUT2D eigenvalue weighted by Crippen LogP contribution is 2.17. The third kappa shape index (κ3) is 3.15. The fourth-order valence-electron chi connectivity index (χ4n) is 2.41. The van der Waals surface area contributed by atoms with E-state index in [1.54, 1.807) is 12.1 Å². The van der Waals surface area contributed by atoms with E-state index < -0.39 is 5.82 Å². The number of piperidine rings is 1. The molecule has 0 saturated carbocycles. The van der Waals surface area contributed by atoms with Crippen LogP contribution in [0.1, 0.15) is 29.6 Å². The lowest BCUT2D eigenvalue weighted by molar-refractivity contribution is 0.0711. The molecule has 1 aromatic carbocycles. The number of hydrogen-bond acceptors (Lipinski definition) is 3.